The third-order valence-electron chi connectivity index (χ3n) is 8.66. The van der Waals surface area contributed by atoms with Gasteiger partial charge in [-0.05, 0) is 48.3 Å². The lowest BCUT2D eigenvalue weighted by molar-refractivity contribution is -0.126. The number of ether oxygens (including phenoxy) is 1. The van der Waals surface area contributed by atoms with E-state index in [1.807, 2.05) is 18.7 Å². The molecule has 3 aliphatic heterocycles. The number of nitrogens with zero attached hydrogens (tertiary/aromatic N) is 2. The number of amides is 1. The average molecular weight is 462 g/mol. The van der Waals surface area contributed by atoms with Crippen LogP contribution in [0.2, 0.25) is 0 Å². The molecule has 0 aromatic heterocycles. The van der Waals surface area contributed by atoms with Gasteiger partial charge in [0.2, 0.25) is 11.8 Å². The SMILES string of the molecule is C[C@@H]1CC2(CCCC2)N2C(=O)[C@]3(C(C#N)=C(N)OC4=C3C(=O)CC(C)(C)C4)c3cc(F)cc1c32. The van der Waals surface area contributed by atoms with Crippen molar-refractivity contribution in [2.45, 2.75) is 82.6 Å². The number of Topliss-reactive ketones (excluding diaryl/α,β-unsaturated/α-hetero) is 1. The molecule has 0 radical (unpaired) electrons. The van der Waals surface area contributed by atoms with E-state index in [4.69, 9.17) is 10.5 Å². The number of hydrogen-bond acceptors (Lipinski definition) is 5. The zero-order valence-corrected chi connectivity index (χ0v) is 19.8. The maximum absolute atomic E-state index is 15.1. The molecule has 1 saturated carbocycles. The van der Waals surface area contributed by atoms with Crippen molar-refractivity contribution in [1.29, 1.82) is 5.26 Å². The Morgan fingerprint density at radius 3 is 2.59 bits per heavy atom. The topological polar surface area (TPSA) is 96.4 Å². The highest BCUT2D eigenvalue weighted by molar-refractivity contribution is 6.21. The standard InChI is InChI=1S/C27H28FN3O3/c1-14-10-26(6-4-5-7-26)31-22-16(14)8-15(28)9-17(22)27(24(31)33)18(13-29)23(30)34-20-12-25(2,3)11-19(32)21(20)27/h8-9,14H,4-7,10-12,30H2,1-3H3/t14-,27+/m1/s1. The highest BCUT2D eigenvalue weighted by atomic mass is 19.1. The first-order valence-electron chi connectivity index (χ1n) is 12.1. The molecule has 34 heavy (non-hydrogen) atoms. The minimum Gasteiger partial charge on any atom is -0.444 e. The zero-order chi connectivity index (χ0) is 24.2. The highest BCUT2D eigenvalue weighted by Gasteiger charge is 2.67. The summed E-state index contributed by atoms with van der Waals surface area (Å²) < 4.78 is 21.0. The van der Waals surface area contributed by atoms with E-state index in [1.165, 1.54) is 12.1 Å². The van der Waals surface area contributed by atoms with Crippen LogP contribution in [0.3, 0.4) is 0 Å². The molecule has 7 heteroatoms. The van der Waals surface area contributed by atoms with Gasteiger partial charge in [0.05, 0.1) is 11.3 Å². The lowest BCUT2D eigenvalue weighted by Crippen LogP contribution is -2.57. The van der Waals surface area contributed by atoms with Gasteiger partial charge in [0.15, 0.2) is 5.78 Å². The van der Waals surface area contributed by atoms with Gasteiger partial charge < -0.3 is 15.4 Å². The van der Waals surface area contributed by atoms with Crippen LogP contribution in [0.5, 0.6) is 0 Å². The Kier molecular flexibility index (Phi) is 4.09. The van der Waals surface area contributed by atoms with E-state index in [9.17, 15) is 14.9 Å². The number of nitriles is 1. The van der Waals surface area contributed by atoms with E-state index < -0.39 is 16.8 Å². The summed E-state index contributed by atoms with van der Waals surface area (Å²) in [7, 11) is 0. The van der Waals surface area contributed by atoms with Crippen LogP contribution in [-0.2, 0) is 19.7 Å². The fourth-order valence-electron chi connectivity index (χ4n) is 7.49. The molecule has 2 N–H and O–H groups in total. The van der Waals surface area contributed by atoms with Crippen LogP contribution in [0, 0.1) is 22.6 Å². The Bertz CT molecular complexity index is 1290. The second kappa shape index (κ2) is 6.50. The summed E-state index contributed by atoms with van der Waals surface area (Å²) in [6.45, 7) is 5.99. The molecule has 0 bridgehead atoms. The number of nitrogens with two attached hydrogens (primary N) is 1. The number of halogens is 1. The largest absolute Gasteiger partial charge is 0.444 e. The predicted molar refractivity (Wildman–Crippen MR) is 123 cm³/mol. The van der Waals surface area contributed by atoms with Crippen molar-refractivity contribution in [2.75, 3.05) is 4.90 Å². The van der Waals surface area contributed by atoms with E-state index >= 15 is 4.39 Å². The van der Waals surface area contributed by atoms with Gasteiger partial charge in [0, 0.05) is 23.9 Å². The molecule has 176 valence electrons. The van der Waals surface area contributed by atoms with Gasteiger partial charge in [0.1, 0.15) is 28.6 Å². The van der Waals surface area contributed by atoms with Gasteiger partial charge >= 0.3 is 0 Å². The first-order valence-corrected chi connectivity index (χ1v) is 12.1. The lowest BCUT2D eigenvalue weighted by atomic mass is 9.62. The van der Waals surface area contributed by atoms with Crippen molar-refractivity contribution < 1.29 is 18.7 Å². The number of anilines is 1. The number of fused-ring (bicyclic) bond motifs is 3. The fraction of sp³-hybridized carbons (Fsp3) is 0.519. The Morgan fingerprint density at radius 2 is 1.91 bits per heavy atom. The van der Waals surface area contributed by atoms with E-state index in [0.29, 0.717) is 23.4 Å². The smallest absolute Gasteiger partial charge is 0.248 e. The van der Waals surface area contributed by atoms with Gasteiger partial charge in [-0.1, -0.05) is 33.6 Å². The average Bonchev–Trinajstić information content (AvgIpc) is 3.28. The van der Waals surface area contributed by atoms with E-state index in [-0.39, 0.29) is 46.5 Å². The highest BCUT2D eigenvalue weighted by Crippen LogP contribution is 2.63. The third-order valence-corrected chi connectivity index (χ3v) is 8.66. The molecule has 2 aliphatic carbocycles. The first kappa shape index (κ1) is 21.4. The van der Waals surface area contributed by atoms with Gasteiger partial charge in [0.25, 0.3) is 0 Å². The quantitative estimate of drug-likeness (QED) is 0.609. The van der Waals surface area contributed by atoms with Crippen LogP contribution < -0.4 is 10.6 Å². The summed E-state index contributed by atoms with van der Waals surface area (Å²) in [6, 6.07) is 4.94. The molecular weight excluding hydrogens is 433 g/mol. The van der Waals surface area contributed by atoms with Crippen molar-refractivity contribution in [3.05, 3.63) is 51.9 Å². The number of ketones is 1. The normalized spacial score (nSPS) is 30.6. The van der Waals surface area contributed by atoms with Crippen molar-refractivity contribution in [3.63, 3.8) is 0 Å². The number of benzene rings is 1. The number of allylic oxidation sites excluding steroid dienone is 1. The van der Waals surface area contributed by atoms with Crippen LogP contribution in [0.25, 0.3) is 0 Å². The number of carbonyl (C=O) groups excluding carboxylic acids is 2. The lowest BCUT2D eigenvalue weighted by Gasteiger charge is -2.47. The zero-order valence-electron chi connectivity index (χ0n) is 19.8. The number of hydrogen-bond donors (Lipinski definition) is 1. The molecule has 1 aromatic rings. The Hall–Kier alpha value is -3.14. The third kappa shape index (κ3) is 2.39. The predicted octanol–water partition coefficient (Wildman–Crippen LogP) is 4.60. The van der Waals surface area contributed by atoms with Crippen molar-refractivity contribution in [2.24, 2.45) is 11.1 Å². The summed E-state index contributed by atoms with van der Waals surface area (Å²) in [6.07, 6.45) is 5.05. The molecule has 1 aromatic carbocycles. The second-order valence-electron chi connectivity index (χ2n) is 11.5. The first-order chi connectivity index (χ1) is 16.1. The van der Waals surface area contributed by atoms with Crippen LogP contribution in [0.1, 0.15) is 82.8 Å². The van der Waals surface area contributed by atoms with Crippen LogP contribution >= 0.6 is 0 Å². The summed E-state index contributed by atoms with van der Waals surface area (Å²) in [5.74, 6) is -0.880. The molecule has 1 amide bonds. The van der Waals surface area contributed by atoms with Crippen molar-refractivity contribution >= 4 is 17.4 Å². The molecule has 2 spiro atoms. The molecule has 3 heterocycles. The van der Waals surface area contributed by atoms with Gasteiger partial charge in [-0.2, -0.15) is 5.26 Å². The van der Waals surface area contributed by atoms with Crippen molar-refractivity contribution in [3.8, 4) is 6.07 Å². The number of rotatable bonds is 0. The Labute approximate surface area is 198 Å². The second-order valence-corrected chi connectivity index (χ2v) is 11.5. The molecule has 2 atom stereocenters. The van der Waals surface area contributed by atoms with Crippen LogP contribution in [-0.4, -0.2) is 17.2 Å². The number of carbonyl (C=O) groups is 2. The maximum atomic E-state index is 15.1. The fourth-order valence-corrected chi connectivity index (χ4v) is 7.49. The Morgan fingerprint density at radius 1 is 1.21 bits per heavy atom. The molecule has 1 fully saturated rings. The van der Waals surface area contributed by atoms with E-state index in [2.05, 4.69) is 13.0 Å². The molecule has 0 unspecified atom stereocenters. The maximum Gasteiger partial charge on any atom is 0.248 e. The van der Waals surface area contributed by atoms with Crippen molar-refractivity contribution in [1.82, 2.24) is 0 Å². The Balaban J connectivity index is 1.74. The molecule has 0 saturated heterocycles. The van der Waals surface area contributed by atoms with E-state index in [0.717, 1.165) is 37.7 Å². The van der Waals surface area contributed by atoms with Gasteiger partial charge in [-0.25, -0.2) is 4.39 Å². The monoisotopic (exact) mass is 461 g/mol. The molecular formula is C27H28FN3O3. The van der Waals surface area contributed by atoms with Gasteiger partial charge in [-0.15, -0.1) is 0 Å². The molecule has 5 aliphatic rings. The summed E-state index contributed by atoms with van der Waals surface area (Å²) in [5, 5.41) is 10.3. The summed E-state index contributed by atoms with van der Waals surface area (Å²) in [4.78, 5) is 30.3. The molecule has 6 nitrogen and oxygen atoms in total. The molecule has 6 rings (SSSR count). The summed E-state index contributed by atoms with van der Waals surface area (Å²) in [5.41, 5.74) is 5.60. The van der Waals surface area contributed by atoms with Gasteiger partial charge in [-0.3, -0.25) is 9.59 Å². The van der Waals surface area contributed by atoms with Crippen LogP contribution in [0.15, 0.2) is 34.9 Å². The minimum absolute atomic E-state index is 0.0443. The minimum atomic E-state index is -1.76. The van der Waals surface area contributed by atoms with Crippen LogP contribution in [0.4, 0.5) is 10.1 Å². The summed E-state index contributed by atoms with van der Waals surface area (Å²) >= 11 is 0. The van der Waals surface area contributed by atoms with E-state index in [1.54, 1.807) is 0 Å².